The zero-order valence-electron chi connectivity index (χ0n) is 10.9. The van der Waals surface area contributed by atoms with Crippen molar-refractivity contribution in [3.63, 3.8) is 0 Å². The Morgan fingerprint density at radius 1 is 1.17 bits per heavy atom. The van der Waals surface area contributed by atoms with Gasteiger partial charge < -0.3 is 4.90 Å². The van der Waals surface area contributed by atoms with Crippen molar-refractivity contribution in [2.45, 2.75) is 19.8 Å². The second kappa shape index (κ2) is 6.10. The van der Waals surface area contributed by atoms with E-state index in [0.717, 1.165) is 30.0 Å². The van der Waals surface area contributed by atoms with Crippen molar-refractivity contribution in [3.05, 3.63) is 36.9 Å². The minimum atomic E-state index is 0.893. The van der Waals surface area contributed by atoms with Crippen LogP contribution < -0.4 is 4.90 Å². The van der Waals surface area contributed by atoms with Crippen molar-refractivity contribution in [2.75, 3.05) is 18.5 Å². The predicted octanol–water partition coefficient (Wildman–Crippen LogP) is 2.77. The molecular weight excluding hydrogens is 224 g/mol. The van der Waals surface area contributed by atoms with Gasteiger partial charge in [0.1, 0.15) is 5.69 Å². The van der Waals surface area contributed by atoms with Crippen molar-refractivity contribution < 1.29 is 0 Å². The first-order valence-corrected chi connectivity index (χ1v) is 6.25. The number of rotatable bonds is 5. The highest BCUT2D eigenvalue weighted by Crippen LogP contribution is 2.24. The van der Waals surface area contributed by atoms with Crippen LogP contribution in [0.25, 0.3) is 11.3 Å². The van der Waals surface area contributed by atoms with Crippen molar-refractivity contribution in [1.29, 1.82) is 0 Å². The van der Waals surface area contributed by atoms with Gasteiger partial charge in [0.25, 0.3) is 0 Å². The highest BCUT2D eigenvalue weighted by atomic mass is 15.2. The Kier molecular flexibility index (Phi) is 4.23. The van der Waals surface area contributed by atoms with Crippen LogP contribution in [0, 0.1) is 0 Å². The van der Waals surface area contributed by atoms with E-state index < -0.39 is 0 Å². The summed E-state index contributed by atoms with van der Waals surface area (Å²) in [5, 5.41) is 0. The zero-order chi connectivity index (χ0) is 12.8. The third kappa shape index (κ3) is 2.83. The van der Waals surface area contributed by atoms with Gasteiger partial charge in [-0.15, -0.1) is 0 Å². The summed E-state index contributed by atoms with van der Waals surface area (Å²) < 4.78 is 0. The Bertz CT molecular complexity index is 484. The van der Waals surface area contributed by atoms with Gasteiger partial charge in [0.05, 0.1) is 0 Å². The van der Waals surface area contributed by atoms with Crippen LogP contribution in [-0.4, -0.2) is 28.5 Å². The number of nitrogens with zero attached hydrogens (tertiary/aromatic N) is 4. The first kappa shape index (κ1) is 12.5. The van der Waals surface area contributed by atoms with Gasteiger partial charge in [-0.25, -0.2) is 4.98 Å². The van der Waals surface area contributed by atoms with E-state index in [4.69, 9.17) is 0 Å². The average Bonchev–Trinajstić information content (AvgIpc) is 2.45. The minimum Gasteiger partial charge on any atom is -0.358 e. The predicted molar refractivity (Wildman–Crippen MR) is 73.4 cm³/mol. The zero-order valence-corrected chi connectivity index (χ0v) is 10.9. The molecule has 0 bridgehead atoms. The summed E-state index contributed by atoms with van der Waals surface area (Å²) in [6.07, 6.45) is 9.37. The summed E-state index contributed by atoms with van der Waals surface area (Å²) >= 11 is 0. The second-order valence-corrected chi connectivity index (χ2v) is 4.25. The normalized spacial score (nSPS) is 10.3. The van der Waals surface area contributed by atoms with E-state index in [1.165, 1.54) is 6.42 Å². The Balaban J connectivity index is 2.31. The molecule has 2 aromatic heterocycles. The lowest BCUT2D eigenvalue weighted by Crippen LogP contribution is -2.20. The van der Waals surface area contributed by atoms with E-state index in [-0.39, 0.29) is 0 Å². The molecule has 0 aromatic carbocycles. The van der Waals surface area contributed by atoms with Crippen LogP contribution in [0.15, 0.2) is 36.9 Å². The van der Waals surface area contributed by atoms with Gasteiger partial charge >= 0.3 is 0 Å². The van der Waals surface area contributed by atoms with Crippen LogP contribution in [0.1, 0.15) is 19.8 Å². The van der Waals surface area contributed by atoms with Crippen LogP contribution >= 0.6 is 0 Å². The van der Waals surface area contributed by atoms with Gasteiger partial charge in [-0.2, -0.15) is 0 Å². The molecule has 0 aliphatic heterocycles. The van der Waals surface area contributed by atoms with Crippen molar-refractivity contribution in [3.8, 4) is 11.3 Å². The Hall–Kier alpha value is -1.97. The van der Waals surface area contributed by atoms with Crippen LogP contribution in [0.2, 0.25) is 0 Å². The molecule has 4 nitrogen and oxygen atoms in total. The fourth-order valence-electron chi connectivity index (χ4n) is 1.82. The molecule has 0 N–H and O–H groups in total. The summed E-state index contributed by atoms with van der Waals surface area (Å²) in [5.41, 5.74) is 1.90. The van der Waals surface area contributed by atoms with Gasteiger partial charge in [0.15, 0.2) is 5.82 Å². The van der Waals surface area contributed by atoms with Crippen LogP contribution in [0.3, 0.4) is 0 Å². The van der Waals surface area contributed by atoms with Crippen molar-refractivity contribution in [1.82, 2.24) is 15.0 Å². The number of hydrogen-bond donors (Lipinski definition) is 0. The number of aromatic nitrogens is 3. The first-order valence-electron chi connectivity index (χ1n) is 6.25. The molecule has 0 saturated heterocycles. The summed E-state index contributed by atoms with van der Waals surface area (Å²) in [7, 11) is 2.06. The van der Waals surface area contributed by atoms with Gasteiger partial charge in [-0.05, 0) is 18.6 Å². The van der Waals surface area contributed by atoms with Crippen molar-refractivity contribution >= 4 is 5.82 Å². The minimum absolute atomic E-state index is 0.893. The number of anilines is 1. The van der Waals surface area contributed by atoms with Gasteiger partial charge in [0.2, 0.25) is 0 Å². The number of unbranched alkanes of at least 4 members (excludes halogenated alkanes) is 1. The highest BCUT2D eigenvalue weighted by molar-refractivity contribution is 5.70. The Morgan fingerprint density at radius 2 is 2.00 bits per heavy atom. The summed E-state index contributed by atoms with van der Waals surface area (Å²) in [6, 6.07) is 3.92. The molecular formula is C14H18N4. The highest BCUT2D eigenvalue weighted by Gasteiger charge is 2.11. The quantitative estimate of drug-likeness (QED) is 0.808. The summed E-state index contributed by atoms with van der Waals surface area (Å²) in [6.45, 7) is 3.18. The van der Waals surface area contributed by atoms with E-state index in [1.54, 1.807) is 18.6 Å². The van der Waals surface area contributed by atoms with E-state index in [0.29, 0.717) is 0 Å². The first-order chi connectivity index (χ1) is 8.83. The fraction of sp³-hybridized carbons (Fsp3) is 0.357. The summed E-state index contributed by atoms with van der Waals surface area (Å²) in [4.78, 5) is 15.2. The average molecular weight is 242 g/mol. The molecule has 0 atom stereocenters. The molecule has 0 unspecified atom stereocenters. The van der Waals surface area contributed by atoms with Gasteiger partial charge in [-0.3, -0.25) is 9.97 Å². The molecule has 0 amide bonds. The van der Waals surface area contributed by atoms with E-state index >= 15 is 0 Å². The number of pyridine rings is 1. The smallest absolute Gasteiger partial charge is 0.154 e. The molecule has 0 saturated carbocycles. The maximum atomic E-state index is 4.44. The lowest BCUT2D eigenvalue weighted by Gasteiger charge is -2.19. The maximum Gasteiger partial charge on any atom is 0.154 e. The van der Waals surface area contributed by atoms with E-state index in [1.807, 2.05) is 18.3 Å². The van der Waals surface area contributed by atoms with Crippen LogP contribution in [0.5, 0.6) is 0 Å². The van der Waals surface area contributed by atoms with E-state index in [9.17, 15) is 0 Å². The van der Waals surface area contributed by atoms with Gasteiger partial charge in [0, 0.05) is 43.9 Å². The molecule has 2 rings (SSSR count). The largest absolute Gasteiger partial charge is 0.358 e. The Labute approximate surface area is 108 Å². The molecule has 0 aliphatic rings. The Morgan fingerprint density at radius 3 is 2.72 bits per heavy atom. The topological polar surface area (TPSA) is 41.9 Å². The second-order valence-electron chi connectivity index (χ2n) is 4.25. The van der Waals surface area contributed by atoms with Gasteiger partial charge in [-0.1, -0.05) is 13.3 Å². The standard InChI is InChI=1S/C14H18N4/c1-3-4-10-18(2)14-13(16-8-9-17-14)12-6-5-7-15-11-12/h5-9,11H,3-4,10H2,1-2H3. The number of hydrogen-bond acceptors (Lipinski definition) is 4. The molecule has 2 aromatic rings. The third-order valence-electron chi connectivity index (χ3n) is 2.82. The maximum absolute atomic E-state index is 4.44. The van der Waals surface area contributed by atoms with Crippen LogP contribution in [-0.2, 0) is 0 Å². The molecule has 0 spiro atoms. The van der Waals surface area contributed by atoms with E-state index in [2.05, 4.69) is 33.8 Å². The lowest BCUT2D eigenvalue weighted by atomic mass is 10.2. The molecule has 2 heterocycles. The fourth-order valence-corrected chi connectivity index (χ4v) is 1.82. The molecule has 0 aliphatic carbocycles. The monoisotopic (exact) mass is 242 g/mol. The molecule has 0 radical (unpaired) electrons. The SMILES string of the molecule is CCCCN(C)c1nccnc1-c1cccnc1. The molecule has 94 valence electrons. The third-order valence-corrected chi connectivity index (χ3v) is 2.82. The summed E-state index contributed by atoms with van der Waals surface area (Å²) in [5.74, 6) is 0.916. The molecule has 4 heteroatoms. The molecule has 18 heavy (non-hydrogen) atoms. The van der Waals surface area contributed by atoms with Crippen LogP contribution in [0.4, 0.5) is 5.82 Å². The molecule has 0 fully saturated rings. The lowest BCUT2D eigenvalue weighted by molar-refractivity contribution is 0.758. The van der Waals surface area contributed by atoms with Crippen molar-refractivity contribution in [2.24, 2.45) is 0 Å².